The van der Waals surface area contributed by atoms with Crippen molar-refractivity contribution in [3.8, 4) is 17.1 Å². The van der Waals surface area contributed by atoms with Crippen molar-refractivity contribution in [3.05, 3.63) is 66.6 Å². The van der Waals surface area contributed by atoms with Gasteiger partial charge in [0.2, 0.25) is 5.91 Å². The van der Waals surface area contributed by atoms with Crippen molar-refractivity contribution in [3.63, 3.8) is 0 Å². The number of benzene rings is 1. The number of carbonyl (C=O) groups excluding carboxylic acids is 1. The standard InChI is InChI=1S/C25H25N7O2/c1-34-19-4-2-16(3-5-19)12-23(33)31-22-13-17(6-11-28-22)24-30-21-15-27-10-8-20(21)25(32-24)29-18-7-9-26-14-18/h2-6,8,10-11,13,15,18,26H,7,9,12,14H2,1H3,(H,28,31,33)(H,29,30,32). The summed E-state index contributed by atoms with van der Waals surface area (Å²) in [5, 5.41) is 10.7. The van der Waals surface area contributed by atoms with Gasteiger partial charge in [-0.15, -0.1) is 0 Å². The average Bonchev–Trinajstić information content (AvgIpc) is 3.38. The highest BCUT2D eigenvalue weighted by Gasteiger charge is 2.18. The molecular weight excluding hydrogens is 430 g/mol. The maximum Gasteiger partial charge on any atom is 0.229 e. The van der Waals surface area contributed by atoms with Crippen molar-refractivity contribution < 1.29 is 9.53 Å². The minimum atomic E-state index is -0.158. The van der Waals surface area contributed by atoms with E-state index in [1.54, 1.807) is 31.8 Å². The summed E-state index contributed by atoms with van der Waals surface area (Å²) in [7, 11) is 1.61. The smallest absolute Gasteiger partial charge is 0.229 e. The molecule has 1 aromatic carbocycles. The Labute approximate surface area is 197 Å². The zero-order valence-electron chi connectivity index (χ0n) is 18.8. The van der Waals surface area contributed by atoms with Gasteiger partial charge in [0, 0.05) is 35.9 Å². The topological polar surface area (TPSA) is 114 Å². The van der Waals surface area contributed by atoms with Gasteiger partial charge in [0.15, 0.2) is 5.82 Å². The summed E-state index contributed by atoms with van der Waals surface area (Å²) in [6.45, 7) is 1.88. The molecular formula is C25H25N7O2. The third kappa shape index (κ3) is 4.94. The second-order valence-corrected chi connectivity index (χ2v) is 8.13. The lowest BCUT2D eigenvalue weighted by Crippen LogP contribution is -2.23. The number of pyridine rings is 2. The minimum Gasteiger partial charge on any atom is -0.497 e. The molecule has 34 heavy (non-hydrogen) atoms. The van der Waals surface area contributed by atoms with Crippen molar-refractivity contribution in [2.45, 2.75) is 18.9 Å². The van der Waals surface area contributed by atoms with Gasteiger partial charge in [0.25, 0.3) is 0 Å². The van der Waals surface area contributed by atoms with E-state index in [4.69, 9.17) is 14.7 Å². The average molecular weight is 456 g/mol. The summed E-state index contributed by atoms with van der Waals surface area (Å²) in [5.41, 5.74) is 2.40. The lowest BCUT2D eigenvalue weighted by Gasteiger charge is -2.15. The number of hydrogen-bond acceptors (Lipinski definition) is 8. The summed E-state index contributed by atoms with van der Waals surface area (Å²) >= 11 is 0. The first-order valence-corrected chi connectivity index (χ1v) is 11.2. The lowest BCUT2D eigenvalue weighted by atomic mass is 10.1. The molecule has 0 radical (unpaired) electrons. The third-order valence-corrected chi connectivity index (χ3v) is 5.71. The van der Waals surface area contributed by atoms with E-state index in [2.05, 4.69) is 25.9 Å². The van der Waals surface area contributed by atoms with Gasteiger partial charge in [-0.2, -0.15) is 0 Å². The number of anilines is 2. The molecule has 1 atom stereocenters. The Balaban J connectivity index is 1.37. The number of hydrogen-bond donors (Lipinski definition) is 3. The zero-order valence-corrected chi connectivity index (χ0v) is 18.8. The third-order valence-electron chi connectivity index (χ3n) is 5.71. The molecule has 9 heteroatoms. The Morgan fingerprint density at radius 1 is 1.15 bits per heavy atom. The Morgan fingerprint density at radius 2 is 2.03 bits per heavy atom. The van der Waals surface area contributed by atoms with Crippen LogP contribution in [0.25, 0.3) is 22.3 Å². The van der Waals surface area contributed by atoms with Crippen LogP contribution in [0.4, 0.5) is 11.6 Å². The second-order valence-electron chi connectivity index (χ2n) is 8.13. The first-order chi connectivity index (χ1) is 16.7. The molecule has 4 aromatic rings. The molecule has 3 N–H and O–H groups in total. The number of rotatable bonds is 7. The summed E-state index contributed by atoms with van der Waals surface area (Å²) in [4.78, 5) is 30.6. The number of amides is 1. The molecule has 0 spiro atoms. The van der Waals surface area contributed by atoms with Crippen molar-refractivity contribution in [1.29, 1.82) is 0 Å². The Hall–Kier alpha value is -4.11. The molecule has 1 aliphatic heterocycles. The molecule has 1 fully saturated rings. The number of aromatic nitrogens is 4. The fourth-order valence-electron chi connectivity index (χ4n) is 3.94. The molecule has 4 heterocycles. The number of nitrogens with one attached hydrogen (secondary N) is 3. The Morgan fingerprint density at radius 3 is 2.82 bits per heavy atom. The highest BCUT2D eigenvalue weighted by molar-refractivity contribution is 5.92. The molecule has 1 aliphatic rings. The van der Waals surface area contributed by atoms with Crippen LogP contribution in [0.5, 0.6) is 5.75 Å². The van der Waals surface area contributed by atoms with Crippen molar-refractivity contribution in [2.75, 3.05) is 30.8 Å². The van der Waals surface area contributed by atoms with Crippen LogP contribution in [0.2, 0.25) is 0 Å². The fraction of sp³-hybridized carbons (Fsp3) is 0.240. The van der Waals surface area contributed by atoms with Gasteiger partial charge < -0.3 is 20.7 Å². The van der Waals surface area contributed by atoms with Crippen LogP contribution in [0, 0.1) is 0 Å². The van der Waals surface area contributed by atoms with Crippen LogP contribution in [0.3, 0.4) is 0 Å². The van der Waals surface area contributed by atoms with Gasteiger partial charge in [-0.1, -0.05) is 12.1 Å². The fourth-order valence-corrected chi connectivity index (χ4v) is 3.94. The van der Waals surface area contributed by atoms with Gasteiger partial charge >= 0.3 is 0 Å². The number of fused-ring (bicyclic) bond motifs is 1. The van der Waals surface area contributed by atoms with Gasteiger partial charge in [-0.3, -0.25) is 9.78 Å². The molecule has 0 aliphatic carbocycles. The lowest BCUT2D eigenvalue weighted by molar-refractivity contribution is -0.115. The van der Waals surface area contributed by atoms with Gasteiger partial charge in [-0.05, 0) is 48.9 Å². The molecule has 0 saturated carbocycles. The highest BCUT2D eigenvalue weighted by Crippen LogP contribution is 2.26. The first kappa shape index (κ1) is 21.7. The molecule has 1 amide bonds. The van der Waals surface area contributed by atoms with Crippen molar-refractivity contribution >= 4 is 28.4 Å². The van der Waals surface area contributed by atoms with E-state index in [9.17, 15) is 4.79 Å². The molecule has 3 aromatic heterocycles. The van der Waals surface area contributed by atoms with Crippen LogP contribution >= 0.6 is 0 Å². The van der Waals surface area contributed by atoms with E-state index in [0.717, 1.165) is 53.1 Å². The highest BCUT2D eigenvalue weighted by atomic mass is 16.5. The maximum atomic E-state index is 12.6. The predicted octanol–water partition coefficient (Wildman–Crippen LogP) is 3.05. The number of methoxy groups -OCH3 is 1. The van der Waals surface area contributed by atoms with E-state index in [-0.39, 0.29) is 12.3 Å². The molecule has 9 nitrogen and oxygen atoms in total. The summed E-state index contributed by atoms with van der Waals surface area (Å²) in [6, 6.07) is 13.2. The van der Waals surface area contributed by atoms with Crippen LogP contribution in [0.1, 0.15) is 12.0 Å². The molecule has 5 rings (SSSR count). The number of ether oxygens (including phenoxy) is 1. The minimum absolute atomic E-state index is 0.158. The van der Waals surface area contributed by atoms with E-state index in [0.29, 0.717) is 17.7 Å². The van der Waals surface area contributed by atoms with Crippen molar-refractivity contribution in [1.82, 2.24) is 25.3 Å². The molecule has 0 bridgehead atoms. The van der Waals surface area contributed by atoms with Gasteiger partial charge in [-0.25, -0.2) is 15.0 Å². The first-order valence-electron chi connectivity index (χ1n) is 11.2. The number of nitrogens with zero attached hydrogens (tertiary/aromatic N) is 4. The Bertz CT molecular complexity index is 1300. The maximum absolute atomic E-state index is 12.6. The largest absolute Gasteiger partial charge is 0.497 e. The van der Waals surface area contributed by atoms with E-state index in [1.165, 1.54) is 0 Å². The van der Waals surface area contributed by atoms with E-state index in [1.807, 2.05) is 36.4 Å². The summed E-state index contributed by atoms with van der Waals surface area (Å²) in [6.07, 6.45) is 6.38. The van der Waals surface area contributed by atoms with Crippen LogP contribution in [-0.2, 0) is 11.2 Å². The number of carbonyl (C=O) groups is 1. The summed E-state index contributed by atoms with van der Waals surface area (Å²) in [5.74, 6) is 2.36. The van der Waals surface area contributed by atoms with E-state index < -0.39 is 0 Å². The quantitative estimate of drug-likeness (QED) is 0.390. The molecule has 1 unspecified atom stereocenters. The normalized spacial score (nSPS) is 15.3. The molecule has 172 valence electrons. The summed E-state index contributed by atoms with van der Waals surface area (Å²) < 4.78 is 5.16. The van der Waals surface area contributed by atoms with Crippen LogP contribution < -0.4 is 20.7 Å². The monoisotopic (exact) mass is 455 g/mol. The van der Waals surface area contributed by atoms with Gasteiger partial charge in [0.1, 0.15) is 17.4 Å². The molecule has 1 saturated heterocycles. The SMILES string of the molecule is COc1ccc(CC(=O)Nc2cc(-c3nc(NC4CCNC4)c4ccncc4n3)ccn2)cc1. The Kier molecular flexibility index (Phi) is 6.26. The zero-order chi connectivity index (χ0) is 23.3. The second kappa shape index (κ2) is 9.80. The van der Waals surface area contributed by atoms with Gasteiger partial charge in [0.05, 0.1) is 25.2 Å². The predicted molar refractivity (Wildman–Crippen MR) is 131 cm³/mol. The van der Waals surface area contributed by atoms with Crippen molar-refractivity contribution in [2.24, 2.45) is 0 Å². The van der Waals surface area contributed by atoms with Crippen LogP contribution in [0.15, 0.2) is 61.1 Å². The van der Waals surface area contributed by atoms with Crippen LogP contribution in [-0.4, -0.2) is 52.1 Å². The van der Waals surface area contributed by atoms with E-state index >= 15 is 0 Å².